The van der Waals surface area contributed by atoms with E-state index in [0.717, 1.165) is 19.1 Å². The van der Waals surface area contributed by atoms with Gasteiger partial charge in [-0.05, 0) is 24.7 Å². The third-order valence-corrected chi connectivity index (χ3v) is 3.05. The van der Waals surface area contributed by atoms with E-state index in [1.807, 2.05) is 12.5 Å². The van der Waals surface area contributed by atoms with Gasteiger partial charge in [-0.25, -0.2) is 4.98 Å². The first-order valence-corrected chi connectivity index (χ1v) is 6.27. The van der Waals surface area contributed by atoms with Crippen LogP contribution in [0.3, 0.4) is 0 Å². The molecular weight excluding hydrogens is 198 g/mol. The lowest BCUT2D eigenvalue weighted by atomic mass is 9.92. The van der Waals surface area contributed by atoms with Crippen LogP contribution in [0.2, 0.25) is 0 Å². The molecule has 0 spiro atoms. The molecule has 1 heterocycles. The SMILES string of the molecule is CC(C)(C)CCn1cncc1CNC1CC1. The summed E-state index contributed by atoms with van der Waals surface area (Å²) in [6.45, 7) is 8.89. The Morgan fingerprint density at radius 2 is 2.19 bits per heavy atom. The molecule has 1 N–H and O–H groups in total. The van der Waals surface area contributed by atoms with Gasteiger partial charge < -0.3 is 9.88 Å². The maximum Gasteiger partial charge on any atom is 0.0948 e. The van der Waals surface area contributed by atoms with Crippen LogP contribution in [0.5, 0.6) is 0 Å². The number of rotatable bonds is 5. The second-order valence-electron chi connectivity index (χ2n) is 6.04. The van der Waals surface area contributed by atoms with Crippen LogP contribution in [0.1, 0.15) is 45.7 Å². The fourth-order valence-corrected chi connectivity index (χ4v) is 1.69. The summed E-state index contributed by atoms with van der Waals surface area (Å²) in [4.78, 5) is 4.24. The van der Waals surface area contributed by atoms with Crippen LogP contribution < -0.4 is 5.32 Å². The number of hydrogen-bond acceptors (Lipinski definition) is 2. The molecule has 90 valence electrons. The quantitative estimate of drug-likeness (QED) is 0.828. The van der Waals surface area contributed by atoms with Gasteiger partial charge in [0.05, 0.1) is 12.0 Å². The molecule has 0 unspecified atom stereocenters. The average Bonchev–Trinajstić information content (AvgIpc) is 2.90. The zero-order valence-electron chi connectivity index (χ0n) is 10.7. The number of hydrogen-bond donors (Lipinski definition) is 1. The summed E-state index contributed by atoms with van der Waals surface area (Å²) in [7, 11) is 0. The molecule has 1 aromatic heterocycles. The van der Waals surface area contributed by atoms with Crippen molar-refractivity contribution in [1.29, 1.82) is 0 Å². The van der Waals surface area contributed by atoms with E-state index in [-0.39, 0.29) is 0 Å². The van der Waals surface area contributed by atoms with Gasteiger partial charge in [0.1, 0.15) is 0 Å². The predicted octanol–water partition coefficient (Wildman–Crippen LogP) is 2.57. The standard InChI is InChI=1S/C13H23N3/c1-13(2,3)6-7-16-10-14-8-12(16)9-15-11-4-5-11/h8,10-11,15H,4-7,9H2,1-3H3. The van der Waals surface area contributed by atoms with E-state index in [1.54, 1.807) is 0 Å². The summed E-state index contributed by atoms with van der Waals surface area (Å²) in [5.41, 5.74) is 1.71. The lowest BCUT2D eigenvalue weighted by molar-refractivity contribution is 0.347. The maximum atomic E-state index is 4.24. The van der Waals surface area contributed by atoms with Crippen LogP contribution in [0.15, 0.2) is 12.5 Å². The van der Waals surface area contributed by atoms with Gasteiger partial charge in [0.15, 0.2) is 0 Å². The van der Waals surface area contributed by atoms with Gasteiger partial charge >= 0.3 is 0 Å². The van der Waals surface area contributed by atoms with Crippen molar-refractivity contribution in [2.24, 2.45) is 5.41 Å². The summed E-state index contributed by atoms with van der Waals surface area (Å²) in [5.74, 6) is 0. The van der Waals surface area contributed by atoms with E-state index in [1.165, 1.54) is 25.0 Å². The molecular formula is C13H23N3. The van der Waals surface area contributed by atoms with Crippen molar-refractivity contribution in [3.63, 3.8) is 0 Å². The van der Waals surface area contributed by atoms with Crippen LogP contribution in [0.25, 0.3) is 0 Å². The lowest BCUT2D eigenvalue weighted by Crippen LogP contribution is -2.19. The number of nitrogens with one attached hydrogen (secondary N) is 1. The Kier molecular flexibility index (Phi) is 3.33. The zero-order valence-corrected chi connectivity index (χ0v) is 10.7. The Morgan fingerprint density at radius 1 is 1.44 bits per heavy atom. The fraction of sp³-hybridized carbons (Fsp3) is 0.769. The van der Waals surface area contributed by atoms with Crippen LogP contribution in [-0.4, -0.2) is 15.6 Å². The summed E-state index contributed by atoms with van der Waals surface area (Å²) in [5, 5.41) is 3.54. The normalized spacial score (nSPS) is 16.7. The van der Waals surface area contributed by atoms with Gasteiger partial charge in [-0.2, -0.15) is 0 Å². The number of imidazole rings is 1. The highest BCUT2D eigenvalue weighted by atomic mass is 15.1. The van der Waals surface area contributed by atoms with Gasteiger partial charge in [-0.15, -0.1) is 0 Å². The van der Waals surface area contributed by atoms with Gasteiger partial charge in [-0.1, -0.05) is 20.8 Å². The minimum absolute atomic E-state index is 0.394. The van der Waals surface area contributed by atoms with Crippen LogP contribution in [0, 0.1) is 5.41 Å². The van der Waals surface area contributed by atoms with Gasteiger partial charge in [0.2, 0.25) is 0 Å². The predicted molar refractivity (Wildman–Crippen MR) is 66.2 cm³/mol. The van der Waals surface area contributed by atoms with Crippen molar-refractivity contribution in [2.75, 3.05) is 0 Å². The van der Waals surface area contributed by atoms with Crippen LogP contribution >= 0.6 is 0 Å². The molecule has 2 rings (SSSR count). The fourth-order valence-electron chi connectivity index (χ4n) is 1.69. The van der Waals surface area contributed by atoms with Crippen molar-refractivity contribution < 1.29 is 0 Å². The Labute approximate surface area is 98.3 Å². The summed E-state index contributed by atoms with van der Waals surface area (Å²) < 4.78 is 2.28. The molecule has 0 bridgehead atoms. The molecule has 0 aliphatic heterocycles. The largest absolute Gasteiger partial charge is 0.333 e. The van der Waals surface area contributed by atoms with E-state index in [2.05, 4.69) is 35.6 Å². The molecule has 16 heavy (non-hydrogen) atoms. The minimum atomic E-state index is 0.394. The highest BCUT2D eigenvalue weighted by Gasteiger charge is 2.20. The highest BCUT2D eigenvalue weighted by Crippen LogP contribution is 2.21. The van der Waals surface area contributed by atoms with Gasteiger partial charge in [-0.3, -0.25) is 0 Å². The van der Waals surface area contributed by atoms with Crippen molar-refractivity contribution in [3.05, 3.63) is 18.2 Å². The summed E-state index contributed by atoms with van der Waals surface area (Å²) >= 11 is 0. The molecule has 1 aliphatic rings. The molecule has 0 atom stereocenters. The monoisotopic (exact) mass is 221 g/mol. The van der Waals surface area contributed by atoms with Gasteiger partial charge in [0, 0.05) is 25.3 Å². The van der Waals surface area contributed by atoms with E-state index in [4.69, 9.17) is 0 Å². The highest BCUT2D eigenvalue weighted by molar-refractivity contribution is 4.99. The molecule has 0 radical (unpaired) electrons. The first-order valence-electron chi connectivity index (χ1n) is 6.27. The Balaban J connectivity index is 1.85. The van der Waals surface area contributed by atoms with E-state index in [0.29, 0.717) is 5.41 Å². The van der Waals surface area contributed by atoms with Gasteiger partial charge in [0.25, 0.3) is 0 Å². The number of aryl methyl sites for hydroxylation is 1. The molecule has 0 saturated heterocycles. The van der Waals surface area contributed by atoms with Crippen molar-refractivity contribution in [1.82, 2.24) is 14.9 Å². The lowest BCUT2D eigenvalue weighted by Gasteiger charge is -2.19. The van der Waals surface area contributed by atoms with Crippen molar-refractivity contribution in [2.45, 2.75) is 59.2 Å². The molecule has 1 saturated carbocycles. The number of nitrogens with zero attached hydrogens (tertiary/aromatic N) is 2. The van der Waals surface area contributed by atoms with Crippen LogP contribution in [-0.2, 0) is 13.1 Å². The van der Waals surface area contributed by atoms with E-state index in [9.17, 15) is 0 Å². The van der Waals surface area contributed by atoms with Crippen LogP contribution in [0.4, 0.5) is 0 Å². The average molecular weight is 221 g/mol. The zero-order chi connectivity index (χ0) is 11.6. The smallest absolute Gasteiger partial charge is 0.0948 e. The topological polar surface area (TPSA) is 29.9 Å². The first kappa shape index (κ1) is 11.6. The number of aromatic nitrogens is 2. The molecule has 3 nitrogen and oxygen atoms in total. The van der Waals surface area contributed by atoms with Crippen molar-refractivity contribution in [3.8, 4) is 0 Å². The Bertz CT molecular complexity index is 331. The summed E-state index contributed by atoms with van der Waals surface area (Å²) in [6, 6.07) is 0.769. The van der Waals surface area contributed by atoms with E-state index >= 15 is 0 Å². The Hall–Kier alpha value is -0.830. The van der Waals surface area contributed by atoms with Crippen molar-refractivity contribution >= 4 is 0 Å². The third kappa shape index (κ3) is 3.63. The molecule has 0 aromatic carbocycles. The molecule has 0 amide bonds. The third-order valence-electron chi connectivity index (χ3n) is 3.05. The molecule has 3 heteroatoms. The molecule has 1 aromatic rings. The molecule has 1 aliphatic carbocycles. The second-order valence-corrected chi connectivity index (χ2v) is 6.04. The van der Waals surface area contributed by atoms with E-state index < -0.39 is 0 Å². The minimum Gasteiger partial charge on any atom is -0.333 e. The maximum absolute atomic E-state index is 4.24. The Morgan fingerprint density at radius 3 is 2.81 bits per heavy atom. The molecule has 1 fully saturated rings. The second kappa shape index (κ2) is 4.58. The first-order chi connectivity index (χ1) is 7.54. The summed E-state index contributed by atoms with van der Waals surface area (Å²) in [6.07, 6.45) is 7.82.